The average Bonchev–Trinajstić information content (AvgIpc) is 2.50. The van der Waals surface area contributed by atoms with Crippen LogP contribution < -0.4 is 5.32 Å². The van der Waals surface area contributed by atoms with Gasteiger partial charge < -0.3 is 10.2 Å². The Morgan fingerprint density at radius 1 is 1.38 bits per heavy atom. The number of anilines is 1. The van der Waals surface area contributed by atoms with Crippen LogP contribution in [0.2, 0.25) is 0 Å². The summed E-state index contributed by atoms with van der Waals surface area (Å²) >= 11 is 3.46. The fourth-order valence-electron chi connectivity index (χ4n) is 2.30. The standard InChI is InChI=1S/C16H18BrN3O/c1-12-5-6-15(14(17)9-12)19-11-13(10-18)16(21)20-7-3-2-4-8-20/h5-6,9,11,19H,2-4,7-8H2,1H3/b13-11-. The second-order valence-electron chi connectivity index (χ2n) is 5.15. The predicted octanol–water partition coefficient (Wildman–Crippen LogP) is 3.59. The summed E-state index contributed by atoms with van der Waals surface area (Å²) < 4.78 is 0.904. The third kappa shape index (κ3) is 4.08. The fraction of sp³-hybridized carbons (Fsp3) is 0.375. The smallest absolute Gasteiger partial charge is 0.266 e. The van der Waals surface area contributed by atoms with Gasteiger partial charge in [-0.15, -0.1) is 0 Å². The van der Waals surface area contributed by atoms with Gasteiger partial charge >= 0.3 is 0 Å². The largest absolute Gasteiger partial charge is 0.359 e. The lowest BCUT2D eigenvalue weighted by Gasteiger charge is -2.26. The maximum absolute atomic E-state index is 12.3. The summed E-state index contributed by atoms with van der Waals surface area (Å²) in [6, 6.07) is 7.86. The number of nitrogens with one attached hydrogen (secondary N) is 1. The minimum atomic E-state index is -0.187. The monoisotopic (exact) mass is 347 g/mol. The lowest BCUT2D eigenvalue weighted by Crippen LogP contribution is -2.36. The van der Waals surface area contributed by atoms with Crippen LogP contribution in [0, 0.1) is 18.3 Å². The van der Waals surface area contributed by atoms with E-state index in [1.807, 2.05) is 31.2 Å². The van der Waals surface area contributed by atoms with Crippen molar-refractivity contribution in [2.24, 2.45) is 0 Å². The molecule has 0 radical (unpaired) electrons. The third-order valence-electron chi connectivity index (χ3n) is 3.49. The van der Waals surface area contributed by atoms with Gasteiger partial charge in [-0.25, -0.2) is 0 Å². The number of piperidine rings is 1. The minimum Gasteiger partial charge on any atom is -0.359 e. The van der Waals surface area contributed by atoms with E-state index in [4.69, 9.17) is 0 Å². The molecule has 1 amide bonds. The van der Waals surface area contributed by atoms with Crippen LogP contribution in [0.15, 0.2) is 34.4 Å². The van der Waals surface area contributed by atoms with Crippen LogP contribution in [0.3, 0.4) is 0 Å². The van der Waals surface area contributed by atoms with E-state index < -0.39 is 0 Å². The molecule has 4 nitrogen and oxygen atoms in total. The van der Waals surface area contributed by atoms with Crippen molar-refractivity contribution in [1.82, 2.24) is 4.90 Å². The van der Waals surface area contributed by atoms with Gasteiger partial charge in [0.05, 0.1) is 5.69 Å². The van der Waals surface area contributed by atoms with Gasteiger partial charge in [0, 0.05) is 23.8 Å². The van der Waals surface area contributed by atoms with Gasteiger partial charge in [-0.05, 0) is 59.8 Å². The average molecular weight is 348 g/mol. The molecule has 1 saturated heterocycles. The molecule has 0 aliphatic carbocycles. The first-order valence-corrected chi connectivity index (χ1v) is 7.83. The first kappa shape index (κ1) is 15.6. The van der Waals surface area contributed by atoms with Crippen LogP contribution in [0.25, 0.3) is 0 Å². The molecule has 1 aliphatic heterocycles. The molecule has 21 heavy (non-hydrogen) atoms. The zero-order chi connectivity index (χ0) is 15.2. The number of nitrogens with zero attached hydrogens (tertiary/aromatic N) is 2. The number of hydrogen-bond acceptors (Lipinski definition) is 3. The highest BCUT2D eigenvalue weighted by atomic mass is 79.9. The molecule has 1 aromatic rings. The molecular formula is C16H18BrN3O. The van der Waals surface area contributed by atoms with Crippen LogP contribution in [0.4, 0.5) is 5.69 Å². The number of carbonyl (C=O) groups excluding carboxylic acids is 1. The molecule has 2 rings (SSSR count). The van der Waals surface area contributed by atoms with E-state index in [-0.39, 0.29) is 11.5 Å². The van der Waals surface area contributed by atoms with Crippen LogP contribution in [-0.4, -0.2) is 23.9 Å². The Labute approximate surface area is 133 Å². The molecule has 1 N–H and O–H groups in total. The van der Waals surface area contributed by atoms with Crippen molar-refractivity contribution in [3.63, 3.8) is 0 Å². The maximum Gasteiger partial charge on any atom is 0.266 e. The van der Waals surface area contributed by atoms with E-state index >= 15 is 0 Å². The first-order chi connectivity index (χ1) is 10.1. The van der Waals surface area contributed by atoms with Crippen molar-refractivity contribution in [1.29, 1.82) is 5.26 Å². The lowest BCUT2D eigenvalue weighted by atomic mass is 10.1. The normalized spacial score (nSPS) is 15.5. The summed E-state index contributed by atoms with van der Waals surface area (Å²) in [5, 5.41) is 12.2. The molecule has 110 valence electrons. The molecule has 0 spiro atoms. The van der Waals surface area contributed by atoms with Gasteiger partial charge in [0.15, 0.2) is 0 Å². The van der Waals surface area contributed by atoms with Gasteiger partial charge in [0.1, 0.15) is 11.6 Å². The number of hydrogen-bond donors (Lipinski definition) is 1. The summed E-state index contributed by atoms with van der Waals surface area (Å²) in [4.78, 5) is 14.0. The van der Waals surface area contributed by atoms with Crippen LogP contribution in [0.1, 0.15) is 24.8 Å². The Hall–Kier alpha value is -1.80. The Balaban J connectivity index is 2.09. The van der Waals surface area contributed by atoms with Gasteiger partial charge in [-0.1, -0.05) is 6.07 Å². The predicted molar refractivity (Wildman–Crippen MR) is 86.6 cm³/mol. The summed E-state index contributed by atoms with van der Waals surface area (Å²) in [5.41, 5.74) is 2.12. The van der Waals surface area contributed by atoms with Crippen molar-refractivity contribution in [3.8, 4) is 6.07 Å². The number of aryl methyl sites for hydroxylation is 1. The first-order valence-electron chi connectivity index (χ1n) is 7.04. The number of likely N-dealkylation sites (tertiary alicyclic amines) is 1. The molecular weight excluding hydrogens is 330 g/mol. The van der Waals surface area contributed by atoms with Crippen molar-refractivity contribution >= 4 is 27.5 Å². The summed E-state index contributed by atoms with van der Waals surface area (Å²) in [7, 11) is 0. The molecule has 5 heteroatoms. The zero-order valence-electron chi connectivity index (χ0n) is 12.0. The molecule has 1 aliphatic rings. The molecule has 0 aromatic heterocycles. The SMILES string of the molecule is Cc1ccc(N/C=C(/C#N)C(=O)N2CCCCC2)c(Br)c1. The maximum atomic E-state index is 12.3. The Kier molecular flexibility index (Phi) is 5.40. The number of halogens is 1. The van der Waals surface area contributed by atoms with E-state index in [0.717, 1.165) is 48.1 Å². The van der Waals surface area contributed by atoms with Gasteiger partial charge in [0.2, 0.25) is 0 Å². The number of amides is 1. The molecule has 0 saturated carbocycles. The highest BCUT2D eigenvalue weighted by molar-refractivity contribution is 9.10. The van der Waals surface area contributed by atoms with E-state index in [0.29, 0.717) is 0 Å². The number of nitriles is 1. The highest BCUT2D eigenvalue weighted by Gasteiger charge is 2.20. The van der Waals surface area contributed by atoms with Crippen LogP contribution in [-0.2, 0) is 4.79 Å². The molecule has 1 fully saturated rings. The van der Waals surface area contributed by atoms with E-state index in [1.165, 1.54) is 6.20 Å². The topological polar surface area (TPSA) is 56.1 Å². The van der Waals surface area contributed by atoms with Gasteiger partial charge in [0.25, 0.3) is 5.91 Å². The molecule has 1 heterocycles. The quantitative estimate of drug-likeness (QED) is 0.671. The second kappa shape index (κ2) is 7.28. The van der Waals surface area contributed by atoms with Crippen LogP contribution >= 0.6 is 15.9 Å². The molecule has 0 atom stereocenters. The summed E-state index contributed by atoms with van der Waals surface area (Å²) in [6.45, 7) is 3.49. The molecule has 1 aromatic carbocycles. The van der Waals surface area contributed by atoms with Gasteiger partial charge in [-0.2, -0.15) is 5.26 Å². The van der Waals surface area contributed by atoms with E-state index in [2.05, 4.69) is 21.2 Å². The second-order valence-corrected chi connectivity index (χ2v) is 6.00. The van der Waals surface area contributed by atoms with Crippen molar-refractivity contribution in [2.75, 3.05) is 18.4 Å². The van der Waals surface area contributed by atoms with Crippen molar-refractivity contribution < 1.29 is 4.79 Å². The summed E-state index contributed by atoms with van der Waals surface area (Å²) in [5.74, 6) is -0.187. The van der Waals surface area contributed by atoms with Crippen molar-refractivity contribution in [2.45, 2.75) is 26.2 Å². The zero-order valence-corrected chi connectivity index (χ0v) is 13.6. The molecule has 0 bridgehead atoms. The summed E-state index contributed by atoms with van der Waals surface area (Å²) in [6.07, 6.45) is 4.68. The molecule has 0 unspecified atom stereocenters. The Morgan fingerprint density at radius 2 is 2.10 bits per heavy atom. The Morgan fingerprint density at radius 3 is 2.71 bits per heavy atom. The Bertz CT molecular complexity index is 598. The van der Waals surface area contributed by atoms with E-state index in [1.54, 1.807) is 4.90 Å². The number of carbonyl (C=O) groups is 1. The van der Waals surface area contributed by atoms with Gasteiger partial charge in [-0.3, -0.25) is 4.79 Å². The number of rotatable bonds is 3. The van der Waals surface area contributed by atoms with Crippen LogP contribution in [0.5, 0.6) is 0 Å². The fourth-order valence-corrected chi connectivity index (χ4v) is 2.90. The lowest BCUT2D eigenvalue weighted by molar-refractivity contribution is -0.127. The highest BCUT2D eigenvalue weighted by Crippen LogP contribution is 2.23. The number of benzene rings is 1. The third-order valence-corrected chi connectivity index (χ3v) is 4.15. The minimum absolute atomic E-state index is 0.143. The van der Waals surface area contributed by atoms with E-state index in [9.17, 15) is 10.1 Å². The van der Waals surface area contributed by atoms with Crippen molar-refractivity contribution in [3.05, 3.63) is 40.0 Å².